The third kappa shape index (κ3) is 4.54. The quantitative estimate of drug-likeness (QED) is 0.910. The largest absolute Gasteiger partial charge is 0.309 e. The van der Waals surface area contributed by atoms with Gasteiger partial charge in [-0.2, -0.15) is 0 Å². The number of rotatable bonds is 4. The van der Waals surface area contributed by atoms with Crippen molar-refractivity contribution in [1.82, 2.24) is 15.2 Å². The van der Waals surface area contributed by atoms with Crippen LogP contribution in [-0.4, -0.2) is 34.6 Å². The van der Waals surface area contributed by atoms with Crippen LogP contribution in [0.25, 0.3) is 0 Å². The molecule has 0 aromatic carbocycles. The Bertz CT molecular complexity index is 428. The molecule has 1 unspecified atom stereocenters. The van der Waals surface area contributed by atoms with Gasteiger partial charge in [0.05, 0.1) is 5.69 Å². The minimum Gasteiger partial charge on any atom is -0.309 e. The van der Waals surface area contributed by atoms with E-state index in [2.05, 4.69) is 71.0 Å². The third-order valence-corrected chi connectivity index (χ3v) is 4.30. The van der Waals surface area contributed by atoms with Gasteiger partial charge in [-0.05, 0) is 54.2 Å². The molecule has 1 aromatic rings. The molecule has 1 N–H and O–H groups in total. The van der Waals surface area contributed by atoms with Crippen LogP contribution in [0.4, 0.5) is 0 Å². The maximum atomic E-state index is 4.52. The zero-order valence-electron chi connectivity index (χ0n) is 13.0. The highest BCUT2D eigenvalue weighted by atomic mass is 79.9. The van der Waals surface area contributed by atoms with E-state index in [1.165, 1.54) is 6.42 Å². The lowest BCUT2D eigenvalue weighted by Gasteiger charge is -2.45. The summed E-state index contributed by atoms with van der Waals surface area (Å²) >= 11 is 3.45. The van der Waals surface area contributed by atoms with E-state index >= 15 is 0 Å². The van der Waals surface area contributed by atoms with Crippen molar-refractivity contribution < 1.29 is 0 Å². The fraction of sp³-hybridized carbons (Fsp3) is 0.688. The number of hydrogen-bond donors (Lipinski definition) is 1. The minimum atomic E-state index is 0.183. The Kier molecular flexibility index (Phi) is 5.21. The predicted octanol–water partition coefficient (Wildman–Crippen LogP) is 3.44. The molecule has 2 rings (SSSR count). The van der Waals surface area contributed by atoms with Crippen LogP contribution in [-0.2, 0) is 6.54 Å². The molecule has 0 aliphatic carbocycles. The van der Waals surface area contributed by atoms with Crippen molar-refractivity contribution in [3.8, 4) is 0 Å². The third-order valence-electron chi connectivity index (χ3n) is 3.83. The van der Waals surface area contributed by atoms with Gasteiger partial charge in [0.2, 0.25) is 0 Å². The average Bonchev–Trinajstić information content (AvgIpc) is 2.35. The molecule has 1 aromatic heterocycles. The first kappa shape index (κ1) is 15.9. The van der Waals surface area contributed by atoms with Gasteiger partial charge in [0.15, 0.2) is 0 Å². The van der Waals surface area contributed by atoms with Gasteiger partial charge >= 0.3 is 0 Å². The average molecular weight is 340 g/mol. The van der Waals surface area contributed by atoms with E-state index in [1.807, 2.05) is 6.20 Å². The molecule has 1 aliphatic rings. The number of nitrogens with zero attached hydrogens (tertiary/aromatic N) is 2. The van der Waals surface area contributed by atoms with Crippen molar-refractivity contribution in [3.05, 3.63) is 28.5 Å². The molecule has 0 spiro atoms. The van der Waals surface area contributed by atoms with Gasteiger partial charge in [-0.15, -0.1) is 0 Å². The second-order valence-electron chi connectivity index (χ2n) is 6.92. The smallest absolute Gasteiger partial charge is 0.0544 e. The van der Waals surface area contributed by atoms with Gasteiger partial charge in [0.25, 0.3) is 0 Å². The molecule has 0 saturated carbocycles. The number of nitrogens with one attached hydrogen (secondary N) is 1. The summed E-state index contributed by atoms with van der Waals surface area (Å²) in [6, 6.07) is 4.80. The van der Waals surface area contributed by atoms with Crippen LogP contribution >= 0.6 is 15.9 Å². The van der Waals surface area contributed by atoms with Crippen molar-refractivity contribution in [2.75, 3.05) is 13.1 Å². The van der Waals surface area contributed by atoms with Crippen LogP contribution in [0.5, 0.6) is 0 Å². The molecular formula is C16H26BrN3. The highest BCUT2D eigenvalue weighted by molar-refractivity contribution is 9.10. The first-order chi connectivity index (χ1) is 9.35. The molecule has 1 aliphatic heterocycles. The van der Waals surface area contributed by atoms with Crippen LogP contribution in [0.15, 0.2) is 22.8 Å². The van der Waals surface area contributed by atoms with Gasteiger partial charge in [-0.3, -0.25) is 9.88 Å². The molecule has 20 heavy (non-hydrogen) atoms. The Hall–Kier alpha value is -0.450. The fourth-order valence-corrected chi connectivity index (χ4v) is 3.12. The summed E-state index contributed by atoms with van der Waals surface area (Å²) in [5, 5.41) is 3.67. The molecular weight excluding hydrogens is 314 g/mol. The zero-order chi connectivity index (χ0) is 14.8. The minimum absolute atomic E-state index is 0.183. The number of piperazine rings is 1. The maximum Gasteiger partial charge on any atom is 0.0544 e. The van der Waals surface area contributed by atoms with E-state index in [4.69, 9.17) is 0 Å². The molecule has 0 amide bonds. The Balaban J connectivity index is 2.08. The van der Waals surface area contributed by atoms with Crippen molar-refractivity contribution in [2.24, 2.45) is 5.92 Å². The Morgan fingerprint density at radius 3 is 2.80 bits per heavy atom. The standard InChI is InChI=1S/C16H26BrN3/c1-12(2)7-15-9-19-16(3,4)11-20(15)10-14-6-5-13(17)8-18-14/h5-6,8,12,15,19H,7,9-11H2,1-4H3. The lowest BCUT2D eigenvalue weighted by molar-refractivity contribution is 0.0749. The second kappa shape index (κ2) is 6.54. The van der Waals surface area contributed by atoms with E-state index in [1.54, 1.807) is 0 Å². The lowest BCUT2D eigenvalue weighted by atomic mass is 9.94. The Labute approximate surface area is 131 Å². The SMILES string of the molecule is CC(C)CC1CNC(C)(C)CN1Cc1ccc(Br)cn1. The van der Waals surface area contributed by atoms with Gasteiger partial charge in [-0.25, -0.2) is 0 Å². The summed E-state index contributed by atoms with van der Waals surface area (Å²) < 4.78 is 1.04. The lowest BCUT2D eigenvalue weighted by Crippen LogP contribution is -2.61. The molecule has 0 bridgehead atoms. The molecule has 112 valence electrons. The van der Waals surface area contributed by atoms with Crippen LogP contribution in [0.3, 0.4) is 0 Å². The Morgan fingerprint density at radius 2 is 2.20 bits per heavy atom. The molecule has 1 fully saturated rings. The number of halogens is 1. The highest BCUT2D eigenvalue weighted by Gasteiger charge is 2.32. The van der Waals surface area contributed by atoms with Gasteiger partial charge in [0.1, 0.15) is 0 Å². The van der Waals surface area contributed by atoms with E-state index in [-0.39, 0.29) is 5.54 Å². The molecule has 0 radical (unpaired) electrons. The summed E-state index contributed by atoms with van der Waals surface area (Å²) in [4.78, 5) is 7.11. The summed E-state index contributed by atoms with van der Waals surface area (Å²) in [6.45, 7) is 12.2. The van der Waals surface area contributed by atoms with Gasteiger partial charge < -0.3 is 5.32 Å². The van der Waals surface area contributed by atoms with Crippen molar-refractivity contribution in [3.63, 3.8) is 0 Å². The second-order valence-corrected chi connectivity index (χ2v) is 7.84. The van der Waals surface area contributed by atoms with Crippen LogP contribution in [0.1, 0.15) is 39.8 Å². The zero-order valence-corrected chi connectivity index (χ0v) is 14.6. The molecule has 1 atom stereocenters. The monoisotopic (exact) mass is 339 g/mol. The summed E-state index contributed by atoms with van der Waals surface area (Å²) in [5.74, 6) is 0.725. The van der Waals surface area contributed by atoms with Gasteiger partial charge in [-0.1, -0.05) is 13.8 Å². The topological polar surface area (TPSA) is 28.2 Å². The number of pyridine rings is 1. The first-order valence-electron chi connectivity index (χ1n) is 7.45. The van der Waals surface area contributed by atoms with Crippen molar-refractivity contribution in [1.29, 1.82) is 0 Å². The Morgan fingerprint density at radius 1 is 1.45 bits per heavy atom. The highest BCUT2D eigenvalue weighted by Crippen LogP contribution is 2.22. The van der Waals surface area contributed by atoms with E-state index in [0.29, 0.717) is 6.04 Å². The summed E-state index contributed by atoms with van der Waals surface area (Å²) in [6.07, 6.45) is 3.12. The normalized spacial score (nSPS) is 23.2. The van der Waals surface area contributed by atoms with Crippen LogP contribution in [0, 0.1) is 5.92 Å². The van der Waals surface area contributed by atoms with Crippen molar-refractivity contribution in [2.45, 2.75) is 52.2 Å². The number of hydrogen-bond acceptors (Lipinski definition) is 3. The fourth-order valence-electron chi connectivity index (χ4n) is 2.89. The van der Waals surface area contributed by atoms with Gasteiger partial charge in [0, 0.05) is 41.9 Å². The molecule has 4 heteroatoms. The predicted molar refractivity (Wildman–Crippen MR) is 87.7 cm³/mol. The summed E-state index contributed by atoms with van der Waals surface area (Å²) in [7, 11) is 0. The molecule has 1 saturated heterocycles. The molecule has 3 nitrogen and oxygen atoms in total. The van der Waals surface area contributed by atoms with E-state index < -0.39 is 0 Å². The van der Waals surface area contributed by atoms with Crippen molar-refractivity contribution >= 4 is 15.9 Å². The van der Waals surface area contributed by atoms with Crippen LogP contribution < -0.4 is 5.32 Å². The first-order valence-corrected chi connectivity index (χ1v) is 8.24. The van der Waals surface area contributed by atoms with Crippen LogP contribution in [0.2, 0.25) is 0 Å². The van der Waals surface area contributed by atoms with E-state index in [0.717, 1.165) is 35.7 Å². The summed E-state index contributed by atoms with van der Waals surface area (Å²) in [5.41, 5.74) is 1.34. The number of aromatic nitrogens is 1. The molecule has 2 heterocycles. The maximum absolute atomic E-state index is 4.52. The van der Waals surface area contributed by atoms with E-state index in [9.17, 15) is 0 Å².